The van der Waals surface area contributed by atoms with Gasteiger partial charge >= 0.3 is 0 Å². The third-order valence-corrected chi connectivity index (χ3v) is 1.99. The van der Waals surface area contributed by atoms with Crippen LogP contribution in [0.1, 0.15) is 27.7 Å². The fraction of sp³-hybridized carbons (Fsp3) is 0.500. The Morgan fingerprint density at radius 1 is 0.812 bits per heavy atom. The highest BCUT2D eigenvalue weighted by atomic mass is 16.1. The molecule has 0 aliphatic rings. The normalized spacial score (nSPS) is 14.1. The van der Waals surface area contributed by atoms with Crippen LogP contribution in [0, 0.1) is 11.8 Å². The van der Waals surface area contributed by atoms with Gasteiger partial charge in [0, 0.05) is 0 Å². The van der Waals surface area contributed by atoms with Crippen molar-refractivity contribution >= 4 is 12.2 Å². The zero-order chi connectivity index (χ0) is 12.3. The third kappa shape index (κ3) is 3.22. The molecule has 0 saturated heterocycles. The first-order chi connectivity index (χ1) is 7.40. The average Bonchev–Trinajstić information content (AvgIpc) is 2.11. The Bertz CT molecular complexity index is 523. The van der Waals surface area contributed by atoms with Gasteiger partial charge in [0.25, 0.3) is 11.1 Å². The first-order valence-electron chi connectivity index (χ1n) is 5.46. The fourth-order valence-electron chi connectivity index (χ4n) is 1.39. The minimum atomic E-state index is -0.250. The predicted molar refractivity (Wildman–Crippen MR) is 65.5 cm³/mol. The second-order valence-corrected chi connectivity index (χ2v) is 4.56. The Balaban J connectivity index is 3.52. The molecular weight excluding hydrogens is 204 g/mol. The van der Waals surface area contributed by atoms with Gasteiger partial charge in [0.2, 0.25) is 0 Å². The van der Waals surface area contributed by atoms with Gasteiger partial charge in [-0.3, -0.25) is 9.59 Å². The molecule has 4 nitrogen and oxygen atoms in total. The van der Waals surface area contributed by atoms with Gasteiger partial charge < -0.3 is 9.97 Å². The van der Waals surface area contributed by atoms with Crippen LogP contribution < -0.4 is 21.8 Å². The molecule has 0 bridgehead atoms. The molecule has 0 unspecified atom stereocenters. The Labute approximate surface area is 93.7 Å². The quantitative estimate of drug-likeness (QED) is 0.736. The number of nitrogens with one attached hydrogen (secondary N) is 2. The molecule has 0 atom stereocenters. The molecule has 0 amide bonds. The molecular formula is C12H18N2O2. The van der Waals surface area contributed by atoms with Gasteiger partial charge in [-0.2, -0.15) is 0 Å². The summed E-state index contributed by atoms with van der Waals surface area (Å²) in [5, 5.41) is 0.668. The summed E-state index contributed by atoms with van der Waals surface area (Å²) in [6, 6.07) is 0. The lowest BCUT2D eigenvalue weighted by Crippen LogP contribution is -2.47. The number of hydrogen-bond donors (Lipinski definition) is 2. The van der Waals surface area contributed by atoms with Crippen molar-refractivity contribution in [2.24, 2.45) is 11.8 Å². The summed E-state index contributed by atoms with van der Waals surface area (Å²) < 4.78 is 0. The highest BCUT2D eigenvalue weighted by Gasteiger charge is 1.97. The lowest BCUT2D eigenvalue weighted by molar-refractivity contribution is 0.855. The molecule has 0 aliphatic carbocycles. The van der Waals surface area contributed by atoms with Gasteiger partial charge in [0.05, 0.1) is 0 Å². The van der Waals surface area contributed by atoms with Crippen LogP contribution in [0.2, 0.25) is 0 Å². The zero-order valence-corrected chi connectivity index (χ0v) is 10.1. The van der Waals surface area contributed by atoms with Gasteiger partial charge in [-0.05, 0) is 11.8 Å². The van der Waals surface area contributed by atoms with Gasteiger partial charge in [-0.1, -0.05) is 39.8 Å². The van der Waals surface area contributed by atoms with Crippen molar-refractivity contribution in [2.75, 3.05) is 0 Å². The topological polar surface area (TPSA) is 65.7 Å². The van der Waals surface area contributed by atoms with Crippen LogP contribution in [-0.2, 0) is 0 Å². The Kier molecular flexibility index (Phi) is 3.88. The number of H-pyrrole nitrogens is 2. The molecule has 0 fully saturated rings. The molecule has 2 N–H and O–H groups in total. The van der Waals surface area contributed by atoms with E-state index >= 15 is 0 Å². The standard InChI is InChI=1S/C12H18N2O2/c1-7(2)5-9-11(15)14-10(6-8(3)4)12(16)13-9/h5-8H,1-4H3,(H,13,16)(H,14,15)/b9-5+,10-6+. The maximum absolute atomic E-state index is 11.6. The van der Waals surface area contributed by atoms with E-state index < -0.39 is 0 Å². The molecule has 0 saturated carbocycles. The Morgan fingerprint density at radius 3 is 1.38 bits per heavy atom. The fourth-order valence-corrected chi connectivity index (χ4v) is 1.39. The molecule has 1 aromatic heterocycles. The molecule has 16 heavy (non-hydrogen) atoms. The third-order valence-electron chi connectivity index (χ3n) is 1.99. The largest absolute Gasteiger partial charge is 0.316 e. The highest BCUT2D eigenvalue weighted by molar-refractivity contribution is 5.22. The second kappa shape index (κ2) is 4.96. The molecule has 0 spiro atoms. The maximum Gasteiger partial charge on any atom is 0.271 e. The summed E-state index contributed by atoms with van der Waals surface area (Å²) >= 11 is 0. The molecule has 0 aliphatic heterocycles. The lowest BCUT2D eigenvalue weighted by atomic mass is 10.2. The van der Waals surface area contributed by atoms with Gasteiger partial charge in [-0.15, -0.1) is 0 Å². The van der Waals surface area contributed by atoms with E-state index in [9.17, 15) is 9.59 Å². The van der Waals surface area contributed by atoms with Gasteiger partial charge in [-0.25, -0.2) is 0 Å². The van der Waals surface area contributed by atoms with Crippen molar-refractivity contribution < 1.29 is 0 Å². The summed E-state index contributed by atoms with van der Waals surface area (Å²) in [7, 11) is 0. The molecule has 1 heterocycles. The van der Waals surface area contributed by atoms with Crippen LogP contribution in [0.4, 0.5) is 0 Å². The van der Waals surface area contributed by atoms with Gasteiger partial charge in [0.1, 0.15) is 10.7 Å². The molecule has 1 rings (SSSR count). The van der Waals surface area contributed by atoms with Crippen LogP contribution >= 0.6 is 0 Å². The van der Waals surface area contributed by atoms with E-state index in [1.165, 1.54) is 0 Å². The summed E-state index contributed by atoms with van der Waals surface area (Å²) in [6.07, 6.45) is 3.47. The lowest BCUT2D eigenvalue weighted by Gasteiger charge is -1.95. The van der Waals surface area contributed by atoms with Crippen molar-refractivity contribution in [2.45, 2.75) is 27.7 Å². The zero-order valence-electron chi connectivity index (χ0n) is 10.1. The van der Waals surface area contributed by atoms with E-state index in [-0.39, 0.29) is 23.0 Å². The summed E-state index contributed by atoms with van der Waals surface area (Å²) in [6.45, 7) is 7.80. The summed E-state index contributed by atoms with van der Waals surface area (Å²) in [4.78, 5) is 28.5. The number of rotatable bonds is 2. The first kappa shape index (κ1) is 12.5. The molecule has 4 heteroatoms. The van der Waals surface area contributed by atoms with E-state index in [1.54, 1.807) is 12.2 Å². The van der Waals surface area contributed by atoms with Crippen LogP contribution in [0.5, 0.6) is 0 Å². The van der Waals surface area contributed by atoms with Crippen molar-refractivity contribution in [1.82, 2.24) is 9.97 Å². The number of aromatic amines is 2. The molecule has 88 valence electrons. The van der Waals surface area contributed by atoms with Gasteiger partial charge in [0.15, 0.2) is 0 Å². The van der Waals surface area contributed by atoms with Crippen LogP contribution in [0.3, 0.4) is 0 Å². The average molecular weight is 222 g/mol. The van der Waals surface area contributed by atoms with E-state index in [0.717, 1.165) is 0 Å². The maximum atomic E-state index is 11.6. The minimum Gasteiger partial charge on any atom is -0.316 e. The summed E-state index contributed by atoms with van der Waals surface area (Å²) in [5.41, 5.74) is -0.500. The van der Waals surface area contributed by atoms with Crippen molar-refractivity contribution in [1.29, 1.82) is 0 Å². The van der Waals surface area contributed by atoms with Crippen molar-refractivity contribution in [3.8, 4) is 0 Å². The SMILES string of the molecule is CC(C)/C=c1/[nH]c(=O)/c(=C\C(C)C)[nH]c1=O. The van der Waals surface area contributed by atoms with Crippen molar-refractivity contribution in [3.05, 3.63) is 31.4 Å². The smallest absolute Gasteiger partial charge is 0.271 e. The Morgan fingerprint density at radius 2 is 1.12 bits per heavy atom. The van der Waals surface area contributed by atoms with Crippen LogP contribution in [-0.4, -0.2) is 9.97 Å². The van der Waals surface area contributed by atoms with E-state index in [1.807, 2.05) is 27.7 Å². The minimum absolute atomic E-state index is 0.219. The number of hydrogen-bond acceptors (Lipinski definition) is 2. The van der Waals surface area contributed by atoms with E-state index in [0.29, 0.717) is 10.7 Å². The summed E-state index contributed by atoms with van der Waals surface area (Å²) in [5.74, 6) is 0.438. The molecule has 0 radical (unpaired) electrons. The van der Waals surface area contributed by atoms with Crippen LogP contribution in [0.15, 0.2) is 9.59 Å². The first-order valence-corrected chi connectivity index (χ1v) is 5.46. The van der Waals surface area contributed by atoms with Crippen molar-refractivity contribution in [3.63, 3.8) is 0 Å². The predicted octanol–water partition coefficient (Wildman–Crippen LogP) is -0.0638. The number of aromatic nitrogens is 2. The Hall–Kier alpha value is -1.58. The highest BCUT2D eigenvalue weighted by Crippen LogP contribution is 1.90. The van der Waals surface area contributed by atoms with E-state index in [4.69, 9.17) is 0 Å². The second-order valence-electron chi connectivity index (χ2n) is 4.56. The van der Waals surface area contributed by atoms with E-state index in [2.05, 4.69) is 9.97 Å². The molecule has 1 aromatic rings. The molecule has 0 aromatic carbocycles. The van der Waals surface area contributed by atoms with Crippen LogP contribution in [0.25, 0.3) is 12.2 Å². The monoisotopic (exact) mass is 222 g/mol.